The summed E-state index contributed by atoms with van der Waals surface area (Å²) < 4.78 is 7.00. The summed E-state index contributed by atoms with van der Waals surface area (Å²) in [5, 5.41) is 3.34. The van der Waals surface area contributed by atoms with Gasteiger partial charge in [-0.25, -0.2) is 9.78 Å². The molecule has 0 N–H and O–H groups in total. The Morgan fingerprint density at radius 2 is 2.14 bits per heavy atom. The van der Waals surface area contributed by atoms with E-state index in [0.717, 1.165) is 10.6 Å². The van der Waals surface area contributed by atoms with Crippen molar-refractivity contribution >= 4 is 28.9 Å². The van der Waals surface area contributed by atoms with Gasteiger partial charge in [0.2, 0.25) is 0 Å². The molecule has 0 unspecified atom stereocenters. The molecule has 0 spiro atoms. The molecule has 0 saturated carbocycles. The number of nitrogens with zero attached hydrogens (tertiary/aromatic N) is 2. The molecule has 0 radical (unpaired) electrons. The molecule has 1 aromatic carbocycles. The maximum Gasteiger partial charge on any atom is 0.355 e. The van der Waals surface area contributed by atoms with E-state index in [4.69, 9.17) is 16.3 Å². The van der Waals surface area contributed by atoms with Crippen molar-refractivity contribution in [2.75, 3.05) is 0 Å². The minimum atomic E-state index is -0.361. The molecule has 0 amide bonds. The Morgan fingerprint density at radius 3 is 2.86 bits per heavy atom. The first kappa shape index (κ1) is 14.8. The standard InChI is InChI=1S/C16H13ClN2O2S/c1-19-8-4-7-14(19)16(20)21-9-11-10-22-15(18-11)12-5-2-3-6-13(12)17/h2-8,10H,9H2,1H3. The highest BCUT2D eigenvalue weighted by Crippen LogP contribution is 2.30. The number of thiazole rings is 1. The highest BCUT2D eigenvalue weighted by molar-refractivity contribution is 7.13. The van der Waals surface area contributed by atoms with E-state index >= 15 is 0 Å². The molecule has 6 heteroatoms. The maximum atomic E-state index is 11.9. The summed E-state index contributed by atoms with van der Waals surface area (Å²) in [5.41, 5.74) is 2.11. The summed E-state index contributed by atoms with van der Waals surface area (Å²) >= 11 is 7.64. The quantitative estimate of drug-likeness (QED) is 0.674. The van der Waals surface area contributed by atoms with E-state index in [0.29, 0.717) is 16.4 Å². The molecule has 0 fully saturated rings. The highest BCUT2D eigenvalue weighted by Gasteiger charge is 2.12. The van der Waals surface area contributed by atoms with Crippen LogP contribution in [0, 0.1) is 0 Å². The van der Waals surface area contributed by atoms with Crippen LogP contribution < -0.4 is 0 Å². The van der Waals surface area contributed by atoms with Crippen molar-refractivity contribution in [2.24, 2.45) is 7.05 Å². The number of carbonyl (C=O) groups excluding carboxylic acids is 1. The predicted octanol–water partition coefficient (Wildman–Crippen LogP) is 4.16. The molecule has 0 bridgehead atoms. The van der Waals surface area contributed by atoms with Crippen LogP contribution in [0.5, 0.6) is 0 Å². The first-order chi connectivity index (χ1) is 10.6. The van der Waals surface area contributed by atoms with Crippen LogP contribution in [-0.4, -0.2) is 15.5 Å². The molecule has 22 heavy (non-hydrogen) atoms. The van der Waals surface area contributed by atoms with Crippen LogP contribution in [0.3, 0.4) is 0 Å². The number of halogens is 1. The number of benzene rings is 1. The zero-order valence-electron chi connectivity index (χ0n) is 11.8. The van der Waals surface area contributed by atoms with Crippen molar-refractivity contribution in [2.45, 2.75) is 6.61 Å². The number of hydrogen-bond donors (Lipinski definition) is 0. The number of ether oxygens (including phenoxy) is 1. The third kappa shape index (κ3) is 3.05. The molecule has 0 saturated heterocycles. The summed E-state index contributed by atoms with van der Waals surface area (Å²) in [6.45, 7) is 0.144. The van der Waals surface area contributed by atoms with Crippen LogP contribution in [0.25, 0.3) is 10.6 Å². The highest BCUT2D eigenvalue weighted by atomic mass is 35.5. The summed E-state index contributed by atoms with van der Waals surface area (Å²) in [7, 11) is 1.80. The van der Waals surface area contributed by atoms with Gasteiger partial charge in [-0.2, -0.15) is 0 Å². The largest absolute Gasteiger partial charge is 0.454 e. The topological polar surface area (TPSA) is 44.1 Å². The number of rotatable bonds is 4. The fourth-order valence-electron chi connectivity index (χ4n) is 2.02. The van der Waals surface area contributed by atoms with E-state index in [2.05, 4.69) is 4.98 Å². The van der Waals surface area contributed by atoms with Gasteiger partial charge in [-0.3, -0.25) is 0 Å². The lowest BCUT2D eigenvalue weighted by Gasteiger charge is -2.03. The Balaban J connectivity index is 1.69. The van der Waals surface area contributed by atoms with Gasteiger partial charge >= 0.3 is 5.97 Å². The molecular weight excluding hydrogens is 320 g/mol. The molecule has 0 aliphatic carbocycles. The number of aryl methyl sites for hydroxylation is 1. The molecule has 3 aromatic rings. The first-order valence-electron chi connectivity index (χ1n) is 6.63. The molecule has 0 aliphatic heterocycles. The summed E-state index contributed by atoms with van der Waals surface area (Å²) in [6, 6.07) is 11.1. The van der Waals surface area contributed by atoms with Gasteiger partial charge < -0.3 is 9.30 Å². The second kappa shape index (κ2) is 6.34. The molecule has 2 aromatic heterocycles. The van der Waals surface area contributed by atoms with Gasteiger partial charge in [0, 0.05) is 24.2 Å². The van der Waals surface area contributed by atoms with Crippen LogP contribution in [0.15, 0.2) is 48.0 Å². The average molecular weight is 333 g/mol. The Labute approximate surface area is 136 Å². The lowest BCUT2D eigenvalue weighted by Crippen LogP contribution is -2.09. The van der Waals surface area contributed by atoms with E-state index in [1.807, 2.05) is 29.6 Å². The zero-order chi connectivity index (χ0) is 15.5. The van der Waals surface area contributed by atoms with Crippen LogP contribution in [0.2, 0.25) is 5.02 Å². The summed E-state index contributed by atoms with van der Waals surface area (Å²) in [5.74, 6) is -0.361. The molecule has 2 heterocycles. The second-order valence-corrected chi connectivity index (χ2v) is 5.97. The number of aromatic nitrogens is 2. The second-order valence-electron chi connectivity index (χ2n) is 4.70. The van der Waals surface area contributed by atoms with Crippen LogP contribution in [0.4, 0.5) is 0 Å². The zero-order valence-corrected chi connectivity index (χ0v) is 13.4. The molecule has 3 rings (SSSR count). The Bertz CT molecular complexity index is 810. The predicted molar refractivity (Wildman–Crippen MR) is 87.1 cm³/mol. The van der Waals surface area contributed by atoms with Gasteiger partial charge in [-0.1, -0.05) is 29.8 Å². The van der Waals surface area contributed by atoms with Crippen molar-refractivity contribution in [1.82, 2.24) is 9.55 Å². The van der Waals surface area contributed by atoms with E-state index in [9.17, 15) is 4.79 Å². The SMILES string of the molecule is Cn1cccc1C(=O)OCc1csc(-c2ccccc2Cl)n1. The van der Waals surface area contributed by atoms with E-state index in [1.165, 1.54) is 11.3 Å². The number of hydrogen-bond acceptors (Lipinski definition) is 4. The summed E-state index contributed by atoms with van der Waals surface area (Å²) in [4.78, 5) is 16.4. The lowest BCUT2D eigenvalue weighted by atomic mass is 10.2. The Hall–Kier alpha value is -2.11. The normalized spacial score (nSPS) is 10.6. The van der Waals surface area contributed by atoms with Gasteiger partial charge in [-0.05, 0) is 18.2 Å². The fourth-order valence-corrected chi connectivity index (χ4v) is 3.14. The minimum Gasteiger partial charge on any atom is -0.454 e. The third-order valence-electron chi connectivity index (χ3n) is 3.16. The maximum absolute atomic E-state index is 11.9. The molecule has 4 nitrogen and oxygen atoms in total. The van der Waals surface area contributed by atoms with Crippen molar-refractivity contribution in [3.8, 4) is 10.6 Å². The van der Waals surface area contributed by atoms with Gasteiger partial charge in [0.1, 0.15) is 17.3 Å². The Kier molecular flexibility index (Phi) is 4.27. The van der Waals surface area contributed by atoms with Gasteiger partial charge in [0.25, 0.3) is 0 Å². The van der Waals surface area contributed by atoms with Crippen LogP contribution >= 0.6 is 22.9 Å². The average Bonchev–Trinajstić information content (AvgIpc) is 3.14. The number of carbonyl (C=O) groups is 1. The third-order valence-corrected chi connectivity index (χ3v) is 4.41. The van der Waals surface area contributed by atoms with Crippen molar-refractivity contribution < 1.29 is 9.53 Å². The first-order valence-corrected chi connectivity index (χ1v) is 7.88. The van der Waals surface area contributed by atoms with E-state index in [1.54, 1.807) is 29.9 Å². The van der Waals surface area contributed by atoms with Crippen molar-refractivity contribution in [3.05, 3.63) is 64.4 Å². The van der Waals surface area contributed by atoms with Crippen molar-refractivity contribution in [1.29, 1.82) is 0 Å². The van der Waals surface area contributed by atoms with Gasteiger partial charge in [-0.15, -0.1) is 11.3 Å². The Morgan fingerprint density at radius 1 is 1.32 bits per heavy atom. The molecular formula is C16H13ClN2O2S. The summed E-state index contributed by atoms with van der Waals surface area (Å²) in [6.07, 6.45) is 1.80. The molecule has 0 atom stereocenters. The van der Waals surface area contributed by atoms with Crippen LogP contribution in [0.1, 0.15) is 16.2 Å². The number of esters is 1. The van der Waals surface area contributed by atoms with E-state index in [-0.39, 0.29) is 12.6 Å². The molecule has 0 aliphatic rings. The minimum absolute atomic E-state index is 0.144. The fraction of sp³-hybridized carbons (Fsp3) is 0.125. The lowest BCUT2D eigenvalue weighted by molar-refractivity contribution is 0.0457. The molecule has 112 valence electrons. The smallest absolute Gasteiger partial charge is 0.355 e. The van der Waals surface area contributed by atoms with E-state index < -0.39 is 0 Å². The van der Waals surface area contributed by atoms with Gasteiger partial charge in [0.15, 0.2) is 0 Å². The van der Waals surface area contributed by atoms with Gasteiger partial charge in [0.05, 0.1) is 10.7 Å². The van der Waals surface area contributed by atoms with Crippen molar-refractivity contribution in [3.63, 3.8) is 0 Å². The van der Waals surface area contributed by atoms with Crippen LogP contribution in [-0.2, 0) is 18.4 Å². The monoisotopic (exact) mass is 332 g/mol.